The van der Waals surface area contributed by atoms with Crippen molar-refractivity contribution >= 4 is 29.5 Å². The maximum atomic E-state index is 13.6. The van der Waals surface area contributed by atoms with Crippen LogP contribution in [0.5, 0.6) is 0 Å². The number of unbranched alkanes of at least 4 members (excludes halogenated alkanes) is 1. The lowest BCUT2D eigenvalue weighted by atomic mass is 9.95. The molecule has 5 amide bonds. The van der Waals surface area contributed by atoms with Gasteiger partial charge in [0.1, 0.15) is 24.0 Å². The van der Waals surface area contributed by atoms with Crippen molar-refractivity contribution in [1.29, 1.82) is 5.26 Å². The minimum absolute atomic E-state index is 0.0430. The van der Waals surface area contributed by atoms with Gasteiger partial charge in [-0.15, -0.1) is 0 Å². The molecule has 2 rings (SSSR count). The molecule has 7 N–H and O–H groups in total. The van der Waals surface area contributed by atoms with Gasteiger partial charge in [0.25, 0.3) is 5.91 Å². The van der Waals surface area contributed by atoms with E-state index in [0.717, 1.165) is 11.6 Å². The lowest BCUT2D eigenvalue weighted by Gasteiger charge is -2.28. The largest absolute Gasteiger partial charge is 0.390 e. The number of aliphatic hydroxyl groups excluding tert-OH is 1. The number of benzene rings is 2. The second-order valence-electron chi connectivity index (χ2n) is 13.0. The summed E-state index contributed by atoms with van der Waals surface area (Å²) in [6.07, 6.45) is 0.134. The van der Waals surface area contributed by atoms with Gasteiger partial charge in [-0.05, 0) is 61.3 Å². The van der Waals surface area contributed by atoms with Crippen molar-refractivity contribution in [2.45, 2.75) is 96.9 Å². The lowest BCUT2D eigenvalue weighted by Crippen LogP contribution is -2.54. The van der Waals surface area contributed by atoms with Crippen molar-refractivity contribution in [2.24, 2.45) is 17.6 Å². The van der Waals surface area contributed by atoms with E-state index in [9.17, 15) is 33.5 Å². The van der Waals surface area contributed by atoms with E-state index >= 15 is 0 Å². The number of carbonyl (C=O) groups is 5. The zero-order valence-electron chi connectivity index (χ0n) is 28.6. The maximum Gasteiger partial charge on any atom is 0.251 e. The van der Waals surface area contributed by atoms with Gasteiger partial charge < -0.3 is 32.1 Å². The monoisotopic (exact) mass is 680 g/mol. The second-order valence-corrected chi connectivity index (χ2v) is 13.0. The van der Waals surface area contributed by atoms with Gasteiger partial charge in [0, 0.05) is 24.9 Å². The zero-order valence-corrected chi connectivity index (χ0v) is 28.6. The Morgan fingerprint density at radius 2 is 1.53 bits per heavy atom. The molecule has 2 aromatic carbocycles. The molecule has 0 radical (unpaired) electrons. The molecule has 0 aliphatic carbocycles. The first-order valence-electron chi connectivity index (χ1n) is 16.6. The molecule has 4 atom stereocenters. The highest BCUT2D eigenvalue weighted by Gasteiger charge is 2.30. The first kappa shape index (κ1) is 40.3. The van der Waals surface area contributed by atoms with Gasteiger partial charge in [0.15, 0.2) is 0 Å². The normalized spacial score (nSPS) is 13.4. The zero-order chi connectivity index (χ0) is 36.5. The number of nitriles is 1. The summed E-state index contributed by atoms with van der Waals surface area (Å²) in [7, 11) is 0. The third-order valence-electron chi connectivity index (χ3n) is 7.70. The average Bonchev–Trinajstić information content (AvgIpc) is 3.03. The van der Waals surface area contributed by atoms with E-state index in [4.69, 9.17) is 11.0 Å². The van der Waals surface area contributed by atoms with E-state index in [-0.39, 0.29) is 54.7 Å². The number of nitrogens with one attached hydrogen (secondary N) is 4. The van der Waals surface area contributed by atoms with Crippen LogP contribution in [0.3, 0.4) is 0 Å². The topological polar surface area (TPSA) is 204 Å². The first-order valence-corrected chi connectivity index (χ1v) is 16.6. The summed E-state index contributed by atoms with van der Waals surface area (Å²) >= 11 is 0. The van der Waals surface area contributed by atoms with Gasteiger partial charge in [0.2, 0.25) is 23.6 Å². The molecular weight excluding hydrogens is 631 g/mol. The van der Waals surface area contributed by atoms with Crippen LogP contribution < -0.4 is 27.0 Å². The number of nitrogens with zero attached hydrogens (tertiary/aromatic N) is 1. The van der Waals surface area contributed by atoms with Crippen LogP contribution >= 0.6 is 0 Å². The summed E-state index contributed by atoms with van der Waals surface area (Å²) < 4.78 is 13.6. The molecule has 12 nitrogen and oxygen atoms in total. The van der Waals surface area contributed by atoms with Crippen molar-refractivity contribution in [3.8, 4) is 6.07 Å². The van der Waals surface area contributed by atoms with Crippen molar-refractivity contribution in [1.82, 2.24) is 21.3 Å². The van der Waals surface area contributed by atoms with Crippen molar-refractivity contribution < 1.29 is 33.5 Å². The van der Waals surface area contributed by atoms with Crippen LogP contribution in [-0.4, -0.2) is 65.4 Å². The Morgan fingerprint density at radius 1 is 0.878 bits per heavy atom. The van der Waals surface area contributed by atoms with Crippen LogP contribution in [0, 0.1) is 29.0 Å². The van der Waals surface area contributed by atoms with Gasteiger partial charge in [0.05, 0.1) is 24.1 Å². The minimum atomic E-state index is -1.27. The molecule has 0 aromatic heterocycles. The van der Waals surface area contributed by atoms with Crippen molar-refractivity contribution in [3.05, 3.63) is 71.0 Å². The van der Waals surface area contributed by atoms with E-state index in [1.54, 1.807) is 6.07 Å². The Hall–Kier alpha value is -4.83. The van der Waals surface area contributed by atoms with Gasteiger partial charge in [-0.25, -0.2) is 4.39 Å². The molecular formula is C36H49FN6O6. The molecule has 0 spiro atoms. The number of rotatable bonds is 20. The number of hydrogen-bond donors (Lipinski definition) is 6. The van der Waals surface area contributed by atoms with Crippen LogP contribution in [0.2, 0.25) is 0 Å². The lowest BCUT2D eigenvalue weighted by molar-refractivity contribution is -0.131. The standard InChI is InChI=1S/C36H49FN6O6/c1-22(2)16-28(31(44)20-33(46)41-29(34(39)47)17-23(3)4)43-36(49)30(18-24-10-6-5-7-11-24)42-32(45)12-8-9-15-40-35(48)25-13-14-27(37)26(19-25)21-38/h5-7,10-11,13-14,19,22-23,28-31,44H,8-9,12,15-18,20H2,1-4H3,(H2,39,47)(H,40,48)(H,41,46)(H,42,45)(H,43,49)/t28-,29-,30-,31-/m0/s1. The van der Waals surface area contributed by atoms with Crippen LogP contribution in [0.4, 0.5) is 4.39 Å². The highest BCUT2D eigenvalue weighted by Crippen LogP contribution is 2.14. The summed E-state index contributed by atoms with van der Waals surface area (Å²) in [5, 5.41) is 30.9. The number of nitrogens with two attached hydrogens (primary N) is 1. The maximum absolute atomic E-state index is 13.6. The molecule has 0 bridgehead atoms. The number of amides is 5. The van der Waals surface area contributed by atoms with E-state index in [1.165, 1.54) is 12.1 Å². The molecule has 0 saturated heterocycles. The second kappa shape index (κ2) is 20.5. The summed E-state index contributed by atoms with van der Waals surface area (Å²) in [6.45, 7) is 7.83. The van der Waals surface area contributed by atoms with Crippen LogP contribution in [0.1, 0.15) is 87.7 Å². The van der Waals surface area contributed by atoms with Crippen molar-refractivity contribution in [2.75, 3.05) is 6.54 Å². The molecule has 0 saturated carbocycles. The Balaban J connectivity index is 2.02. The van der Waals surface area contributed by atoms with Crippen LogP contribution in [-0.2, 0) is 25.6 Å². The molecule has 0 unspecified atom stereocenters. The van der Waals surface area contributed by atoms with E-state index < -0.39 is 53.7 Å². The van der Waals surface area contributed by atoms with Crippen LogP contribution in [0.25, 0.3) is 0 Å². The number of primary amides is 1. The van der Waals surface area contributed by atoms with E-state index in [2.05, 4.69) is 21.3 Å². The van der Waals surface area contributed by atoms with Crippen molar-refractivity contribution in [3.63, 3.8) is 0 Å². The Morgan fingerprint density at radius 3 is 2.14 bits per heavy atom. The Kier molecular flexibility index (Phi) is 16.9. The smallest absolute Gasteiger partial charge is 0.251 e. The molecule has 0 fully saturated rings. The Bertz CT molecular complexity index is 1460. The third kappa shape index (κ3) is 14.9. The SMILES string of the molecule is CC(C)C[C@H](NC(=O)C[C@H](O)[C@H](CC(C)C)NC(=O)[C@H](Cc1ccccc1)NC(=O)CCCCNC(=O)c1ccc(F)c(C#N)c1)C(N)=O. The predicted molar refractivity (Wildman–Crippen MR) is 182 cm³/mol. The quantitative estimate of drug-likeness (QED) is 0.115. The fourth-order valence-corrected chi connectivity index (χ4v) is 5.20. The molecule has 13 heteroatoms. The first-order chi connectivity index (χ1) is 23.2. The number of carbonyl (C=O) groups excluding carboxylic acids is 5. The molecule has 0 aliphatic heterocycles. The highest BCUT2D eigenvalue weighted by molar-refractivity contribution is 5.94. The fourth-order valence-electron chi connectivity index (χ4n) is 5.20. The summed E-state index contributed by atoms with van der Waals surface area (Å²) in [4.78, 5) is 63.5. The fraction of sp³-hybridized carbons (Fsp3) is 0.500. The Labute approximate surface area is 287 Å². The van der Waals surface area contributed by atoms with Crippen LogP contribution in [0.15, 0.2) is 48.5 Å². The van der Waals surface area contributed by atoms with Gasteiger partial charge >= 0.3 is 0 Å². The summed E-state index contributed by atoms with van der Waals surface area (Å²) in [6, 6.07) is 11.6. The van der Waals surface area contributed by atoms with E-state index in [1.807, 2.05) is 58.0 Å². The van der Waals surface area contributed by atoms with E-state index in [0.29, 0.717) is 25.7 Å². The third-order valence-corrected chi connectivity index (χ3v) is 7.70. The predicted octanol–water partition coefficient (Wildman–Crippen LogP) is 2.62. The average molecular weight is 681 g/mol. The van der Waals surface area contributed by atoms with Gasteiger partial charge in [-0.2, -0.15) is 5.26 Å². The number of aliphatic hydroxyl groups is 1. The molecule has 49 heavy (non-hydrogen) atoms. The molecule has 0 aliphatic rings. The summed E-state index contributed by atoms with van der Waals surface area (Å²) in [5.41, 5.74) is 6.15. The number of halogens is 1. The summed E-state index contributed by atoms with van der Waals surface area (Å²) in [5.74, 6) is -3.21. The molecule has 2 aromatic rings. The van der Waals surface area contributed by atoms with Gasteiger partial charge in [-0.1, -0.05) is 58.0 Å². The number of hydrogen-bond acceptors (Lipinski definition) is 7. The molecule has 0 heterocycles. The van der Waals surface area contributed by atoms with Gasteiger partial charge in [-0.3, -0.25) is 24.0 Å². The molecule has 266 valence electrons. The minimum Gasteiger partial charge on any atom is -0.390 e. The highest BCUT2D eigenvalue weighted by atomic mass is 19.1.